The molecule has 0 radical (unpaired) electrons. The fourth-order valence-electron chi connectivity index (χ4n) is 2.31. The average Bonchev–Trinajstić information content (AvgIpc) is 2.57. The van der Waals surface area contributed by atoms with E-state index in [1.807, 2.05) is 39.8 Å². The third-order valence-electron chi connectivity index (χ3n) is 4.10. The Bertz CT molecular complexity index is 534. The van der Waals surface area contributed by atoms with E-state index in [9.17, 15) is 15.0 Å². The van der Waals surface area contributed by atoms with Gasteiger partial charge in [0, 0.05) is 6.92 Å². The van der Waals surface area contributed by atoms with Gasteiger partial charge in [-0.2, -0.15) is 0 Å². The molecule has 0 aromatic carbocycles. The van der Waals surface area contributed by atoms with Crippen LogP contribution in [0, 0.1) is 0 Å². The van der Waals surface area contributed by atoms with Crippen LogP contribution >= 0.6 is 0 Å². The molecule has 0 spiro atoms. The van der Waals surface area contributed by atoms with Gasteiger partial charge in [-0.15, -0.1) is 0 Å². The summed E-state index contributed by atoms with van der Waals surface area (Å²) in [5.41, 5.74) is 4.36. The molecule has 0 aromatic heterocycles. The molecule has 4 nitrogen and oxygen atoms in total. The van der Waals surface area contributed by atoms with Gasteiger partial charge < -0.3 is 14.9 Å². The number of rotatable bonds is 12. The highest BCUT2D eigenvalue weighted by molar-refractivity contribution is 5.66. The largest absolute Gasteiger partial charge is 0.462 e. The fourth-order valence-corrected chi connectivity index (χ4v) is 2.31. The standard InChI is InChI=1S/C22H36O4/c1-17(2)12-13-22(25)19(4)9-7-11-21(16-23)10-6-8-18(3)14-15-26-20(5)24/h9-10,12,14,22-23,25H,6-8,11,13,15-16H2,1-5H3. The molecule has 2 N–H and O–H groups in total. The van der Waals surface area contributed by atoms with Crippen LogP contribution in [0.3, 0.4) is 0 Å². The van der Waals surface area contributed by atoms with Crippen molar-refractivity contribution < 1.29 is 19.7 Å². The zero-order chi connectivity index (χ0) is 19.9. The first kappa shape index (κ1) is 24.4. The van der Waals surface area contributed by atoms with Crippen molar-refractivity contribution in [1.29, 1.82) is 0 Å². The molecule has 1 unspecified atom stereocenters. The summed E-state index contributed by atoms with van der Waals surface area (Å²) >= 11 is 0. The Balaban J connectivity index is 4.32. The second kappa shape index (κ2) is 14.5. The fraction of sp³-hybridized carbons (Fsp3) is 0.591. The number of carbonyl (C=O) groups excluding carboxylic acids is 1. The van der Waals surface area contributed by atoms with Crippen molar-refractivity contribution >= 4 is 5.97 Å². The lowest BCUT2D eigenvalue weighted by Gasteiger charge is -2.10. The quantitative estimate of drug-likeness (QED) is 0.391. The monoisotopic (exact) mass is 364 g/mol. The summed E-state index contributed by atoms with van der Waals surface area (Å²) in [6.45, 7) is 9.78. The second-order valence-electron chi connectivity index (χ2n) is 6.93. The van der Waals surface area contributed by atoms with Crippen LogP contribution in [-0.2, 0) is 9.53 Å². The number of esters is 1. The van der Waals surface area contributed by atoms with Crippen LogP contribution in [0.2, 0.25) is 0 Å². The molecule has 0 saturated heterocycles. The zero-order valence-electron chi connectivity index (χ0n) is 17.0. The van der Waals surface area contributed by atoms with Gasteiger partial charge in [0.05, 0.1) is 12.7 Å². The van der Waals surface area contributed by atoms with Gasteiger partial charge in [0.2, 0.25) is 0 Å². The predicted octanol–water partition coefficient (Wildman–Crippen LogP) is 4.64. The van der Waals surface area contributed by atoms with Crippen molar-refractivity contribution in [3.8, 4) is 0 Å². The van der Waals surface area contributed by atoms with Gasteiger partial charge in [0.1, 0.15) is 6.61 Å². The van der Waals surface area contributed by atoms with E-state index in [1.165, 1.54) is 12.5 Å². The van der Waals surface area contributed by atoms with Crippen molar-refractivity contribution in [3.05, 3.63) is 46.6 Å². The van der Waals surface area contributed by atoms with Crippen molar-refractivity contribution in [2.75, 3.05) is 13.2 Å². The lowest BCUT2D eigenvalue weighted by molar-refractivity contribution is -0.139. The molecule has 0 rings (SSSR count). The van der Waals surface area contributed by atoms with E-state index in [0.717, 1.165) is 42.4 Å². The molecular formula is C22H36O4. The highest BCUT2D eigenvalue weighted by Gasteiger charge is 2.04. The van der Waals surface area contributed by atoms with E-state index in [0.29, 0.717) is 13.0 Å². The van der Waals surface area contributed by atoms with Crippen LogP contribution < -0.4 is 0 Å². The SMILES string of the molecule is CC(=O)OCC=C(C)CCC=C(CO)CCC=C(C)C(O)CC=C(C)C. The zero-order valence-corrected chi connectivity index (χ0v) is 17.0. The van der Waals surface area contributed by atoms with E-state index >= 15 is 0 Å². The van der Waals surface area contributed by atoms with E-state index < -0.39 is 6.10 Å². The van der Waals surface area contributed by atoms with Crippen LogP contribution in [-0.4, -0.2) is 35.5 Å². The van der Waals surface area contributed by atoms with Gasteiger partial charge >= 0.3 is 5.97 Å². The summed E-state index contributed by atoms with van der Waals surface area (Å²) in [4.78, 5) is 10.7. The van der Waals surface area contributed by atoms with Crippen LogP contribution in [0.15, 0.2) is 46.6 Å². The van der Waals surface area contributed by atoms with Gasteiger partial charge in [0.25, 0.3) is 0 Å². The molecule has 0 fully saturated rings. The Kier molecular flexibility index (Phi) is 13.6. The normalized spacial score (nSPS) is 14.2. The highest BCUT2D eigenvalue weighted by Crippen LogP contribution is 2.14. The van der Waals surface area contributed by atoms with Gasteiger partial charge in [-0.05, 0) is 77.0 Å². The van der Waals surface area contributed by atoms with Crippen LogP contribution in [0.5, 0.6) is 0 Å². The number of aliphatic hydroxyl groups is 2. The molecule has 4 heteroatoms. The highest BCUT2D eigenvalue weighted by atomic mass is 16.5. The topological polar surface area (TPSA) is 66.8 Å². The molecule has 1 atom stereocenters. The van der Waals surface area contributed by atoms with Crippen molar-refractivity contribution in [1.82, 2.24) is 0 Å². The van der Waals surface area contributed by atoms with Crippen molar-refractivity contribution in [2.45, 2.75) is 72.8 Å². The summed E-state index contributed by atoms with van der Waals surface area (Å²) in [5.74, 6) is -0.272. The Morgan fingerprint density at radius 1 is 0.962 bits per heavy atom. The Morgan fingerprint density at radius 3 is 2.19 bits per heavy atom. The lowest BCUT2D eigenvalue weighted by atomic mass is 10.0. The first-order chi connectivity index (χ1) is 12.3. The number of ether oxygens (including phenoxy) is 1. The van der Waals surface area contributed by atoms with Crippen molar-refractivity contribution in [3.63, 3.8) is 0 Å². The first-order valence-electron chi connectivity index (χ1n) is 9.32. The molecule has 0 amide bonds. The van der Waals surface area contributed by atoms with Gasteiger partial charge in [-0.1, -0.05) is 29.4 Å². The smallest absolute Gasteiger partial charge is 0.302 e. The van der Waals surface area contributed by atoms with Crippen LogP contribution in [0.4, 0.5) is 0 Å². The summed E-state index contributed by atoms with van der Waals surface area (Å²) in [7, 11) is 0. The van der Waals surface area contributed by atoms with E-state index in [4.69, 9.17) is 4.74 Å². The Morgan fingerprint density at radius 2 is 1.62 bits per heavy atom. The minimum atomic E-state index is -0.434. The second-order valence-corrected chi connectivity index (χ2v) is 6.93. The third kappa shape index (κ3) is 13.6. The summed E-state index contributed by atoms with van der Waals surface area (Å²) < 4.78 is 4.89. The Labute approximate surface area is 159 Å². The number of hydrogen-bond donors (Lipinski definition) is 2. The summed E-state index contributed by atoms with van der Waals surface area (Å²) in [6.07, 6.45) is 11.6. The maximum Gasteiger partial charge on any atom is 0.302 e. The van der Waals surface area contributed by atoms with Gasteiger partial charge in [0.15, 0.2) is 0 Å². The number of allylic oxidation sites excluding steroid dienone is 4. The van der Waals surface area contributed by atoms with Crippen LogP contribution in [0.1, 0.15) is 66.7 Å². The molecule has 0 aromatic rings. The number of hydrogen-bond acceptors (Lipinski definition) is 4. The average molecular weight is 365 g/mol. The molecule has 0 bridgehead atoms. The van der Waals surface area contributed by atoms with Gasteiger partial charge in [-0.3, -0.25) is 4.79 Å². The third-order valence-corrected chi connectivity index (χ3v) is 4.10. The van der Waals surface area contributed by atoms with Gasteiger partial charge in [-0.25, -0.2) is 0 Å². The van der Waals surface area contributed by atoms with E-state index in [2.05, 4.69) is 12.2 Å². The van der Waals surface area contributed by atoms with Crippen molar-refractivity contribution in [2.24, 2.45) is 0 Å². The summed E-state index contributed by atoms with van der Waals surface area (Å²) in [6, 6.07) is 0. The molecule has 0 aliphatic rings. The maximum atomic E-state index is 10.7. The molecule has 26 heavy (non-hydrogen) atoms. The Hall–Kier alpha value is -1.65. The molecule has 0 saturated carbocycles. The molecular weight excluding hydrogens is 328 g/mol. The predicted molar refractivity (Wildman–Crippen MR) is 108 cm³/mol. The molecule has 148 valence electrons. The number of carbonyl (C=O) groups is 1. The summed E-state index contributed by atoms with van der Waals surface area (Å²) in [5, 5.41) is 19.6. The minimum Gasteiger partial charge on any atom is -0.462 e. The minimum absolute atomic E-state index is 0.0589. The van der Waals surface area contributed by atoms with E-state index in [-0.39, 0.29) is 12.6 Å². The molecule has 0 aliphatic carbocycles. The molecule has 0 aliphatic heterocycles. The lowest BCUT2D eigenvalue weighted by Crippen LogP contribution is -2.06. The molecule has 0 heterocycles. The van der Waals surface area contributed by atoms with E-state index in [1.54, 1.807) is 0 Å². The maximum absolute atomic E-state index is 10.7. The number of aliphatic hydroxyl groups excluding tert-OH is 2. The van der Waals surface area contributed by atoms with Crippen LogP contribution in [0.25, 0.3) is 0 Å². The first-order valence-corrected chi connectivity index (χ1v) is 9.32.